The van der Waals surface area contributed by atoms with Crippen LogP contribution in [-0.4, -0.2) is 37.4 Å². The van der Waals surface area contributed by atoms with E-state index < -0.39 is 21.7 Å². The lowest BCUT2D eigenvalue weighted by Crippen LogP contribution is -2.39. The van der Waals surface area contributed by atoms with E-state index in [4.69, 9.17) is 18.4 Å². The zero-order valence-electron chi connectivity index (χ0n) is 19.4. The van der Waals surface area contributed by atoms with Crippen LogP contribution >= 0.6 is 0 Å². The highest BCUT2D eigenvalue weighted by molar-refractivity contribution is 7.86. The molecule has 0 saturated heterocycles. The lowest BCUT2D eigenvalue weighted by atomic mass is 10.1. The zero-order valence-corrected chi connectivity index (χ0v) is 20.2. The molecule has 1 unspecified atom stereocenters. The molecule has 9 heteroatoms. The average molecular weight is 476 g/mol. The van der Waals surface area contributed by atoms with E-state index in [1.807, 2.05) is 23.8 Å². The van der Waals surface area contributed by atoms with E-state index in [0.29, 0.717) is 17.9 Å². The van der Waals surface area contributed by atoms with Crippen LogP contribution in [0, 0.1) is 0 Å². The Labute approximate surface area is 194 Å². The number of nitrogens with zero attached hydrogens (tertiary/aromatic N) is 1. The first-order valence-corrected chi connectivity index (χ1v) is 12.5. The van der Waals surface area contributed by atoms with Crippen LogP contribution in [0.4, 0.5) is 0 Å². The molecule has 0 amide bonds. The van der Waals surface area contributed by atoms with E-state index in [0.717, 1.165) is 17.2 Å². The Hall–Kier alpha value is -3.20. The first kappa shape index (κ1) is 24.4. The van der Waals surface area contributed by atoms with Crippen molar-refractivity contribution in [2.24, 2.45) is 0 Å². The van der Waals surface area contributed by atoms with Crippen LogP contribution in [-0.2, 0) is 19.6 Å². The Morgan fingerprint density at radius 3 is 2.24 bits per heavy atom. The number of benzene rings is 2. The predicted molar refractivity (Wildman–Crippen MR) is 125 cm³/mol. The van der Waals surface area contributed by atoms with Crippen LogP contribution in [0.2, 0.25) is 0 Å². The molecule has 0 saturated carbocycles. The largest absolute Gasteiger partial charge is 0.476 e. The Bertz CT molecular complexity index is 1210. The first-order chi connectivity index (χ1) is 15.5. The van der Waals surface area contributed by atoms with Gasteiger partial charge in [0.2, 0.25) is 0 Å². The molecule has 8 nitrogen and oxygen atoms in total. The van der Waals surface area contributed by atoms with E-state index in [2.05, 4.69) is 0 Å². The van der Waals surface area contributed by atoms with E-state index in [1.165, 1.54) is 0 Å². The third-order valence-electron chi connectivity index (χ3n) is 4.83. The summed E-state index contributed by atoms with van der Waals surface area (Å²) in [6.45, 7) is 7.37. The van der Waals surface area contributed by atoms with Gasteiger partial charge in [0.1, 0.15) is 17.2 Å². The van der Waals surface area contributed by atoms with E-state index >= 15 is 0 Å². The molecule has 0 aliphatic carbocycles. The number of aromatic nitrogens is 1. The molecule has 178 valence electrons. The maximum Gasteiger partial charge on any atom is 0.349 e. The molecule has 0 spiro atoms. The molecule has 0 radical (unpaired) electrons. The standard InChI is InChI=1S/C24H29NO7S/c1-6-22(25-15-14-17-16-20(12-13-21(17)25)32-33(5,27)28)30-18-8-10-19(11-9-18)31-24(3,4)23(26)29-7-2/h8-16,22H,6-7H2,1-5H3. The molecule has 0 bridgehead atoms. The minimum Gasteiger partial charge on any atom is -0.476 e. The zero-order chi connectivity index (χ0) is 24.2. The molecule has 3 rings (SSSR count). The summed E-state index contributed by atoms with van der Waals surface area (Å²) in [5, 5.41) is 0.836. The first-order valence-electron chi connectivity index (χ1n) is 10.7. The van der Waals surface area contributed by atoms with Crippen molar-refractivity contribution in [3.05, 3.63) is 54.7 Å². The van der Waals surface area contributed by atoms with Crippen molar-refractivity contribution in [1.29, 1.82) is 0 Å². The van der Waals surface area contributed by atoms with Gasteiger partial charge in [0.05, 0.1) is 18.4 Å². The maximum atomic E-state index is 12.0. The van der Waals surface area contributed by atoms with Crippen molar-refractivity contribution in [2.75, 3.05) is 12.9 Å². The summed E-state index contributed by atoms with van der Waals surface area (Å²) in [6.07, 6.45) is 3.31. The Morgan fingerprint density at radius 1 is 1.00 bits per heavy atom. The van der Waals surface area contributed by atoms with Crippen molar-refractivity contribution in [3.63, 3.8) is 0 Å². The van der Waals surface area contributed by atoms with Crippen molar-refractivity contribution in [2.45, 2.75) is 45.9 Å². The summed E-state index contributed by atoms with van der Waals surface area (Å²) < 4.78 is 46.7. The maximum absolute atomic E-state index is 12.0. The molecule has 1 atom stereocenters. The van der Waals surface area contributed by atoms with Crippen LogP contribution in [0.15, 0.2) is 54.7 Å². The third-order valence-corrected chi connectivity index (χ3v) is 5.33. The Balaban J connectivity index is 1.74. The number of carbonyl (C=O) groups excluding carboxylic acids is 1. The van der Waals surface area contributed by atoms with E-state index in [1.54, 1.807) is 63.2 Å². The number of ether oxygens (including phenoxy) is 3. The van der Waals surface area contributed by atoms with Crippen LogP contribution < -0.4 is 13.7 Å². The normalized spacial score (nSPS) is 12.9. The van der Waals surface area contributed by atoms with Gasteiger partial charge in [-0.15, -0.1) is 0 Å². The lowest BCUT2D eigenvalue weighted by Gasteiger charge is -2.24. The number of carbonyl (C=O) groups is 1. The molecule has 0 aliphatic heterocycles. The van der Waals surface area contributed by atoms with Crippen molar-refractivity contribution >= 4 is 27.0 Å². The quantitative estimate of drug-likeness (QED) is 0.310. The van der Waals surface area contributed by atoms with Gasteiger partial charge in [0, 0.05) is 18.0 Å². The summed E-state index contributed by atoms with van der Waals surface area (Å²) >= 11 is 0. The number of rotatable bonds is 10. The topological polar surface area (TPSA) is 93.1 Å². The van der Waals surface area contributed by atoms with Gasteiger partial charge in [-0.05, 0) is 69.3 Å². The van der Waals surface area contributed by atoms with Gasteiger partial charge < -0.3 is 23.0 Å². The highest BCUT2D eigenvalue weighted by Crippen LogP contribution is 2.29. The summed E-state index contributed by atoms with van der Waals surface area (Å²) in [4.78, 5) is 12.0. The molecule has 0 N–H and O–H groups in total. The van der Waals surface area contributed by atoms with Crippen LogP contribution in [0.5, 0.6) is 17.2 Å². The molecule has 1 heterocycles. The fourth-order valence-corrected chi connectivity index (χ4v) is 3.79. The fraction of sp³-hybridized carbons (Fsp3) is 0.375. The Morgan fingerprint density at radius 2 is 1.64 bits per heavy atom. The van der Waals surface area contributed by atoms with Crippen molar-refractivity contribution in [1.82, 2.24) is 4.57 Å². The SMILES string of the molecule is CCOC(=O)C(C)(C)Oc1ccc(OC(CC)n2ccc3cc(OS(C)(=O)=O)ccc32)cc1. The van der Waals surface area contributed by atoms with E-state index in [9.17, 15) is 13.2 Å². The second-order valence-electron chi connectivity index (χ2n) is 8.02. The molecule has 0 fully saturated rings. The molecule has 1 aromatic heterocycles. The molecule has 2 aromatic carbocycles. The highest BCUT2D eigenvalue weighted by Gasteiger charge is 2.31. The minimum absolute atomic E-state index is 0.262. The third kappa shape index (κ3) is 6.19. The molecule has 0 aliphatic rings. The summed E-state index contributed by atoms with van der Waals surface area (Å²) in [5.41, 5.74) is -0.215. The number of esters is 1. The van der Waals surface area contributed by atoms with Crippen molar-refractivity contribution < 1.29 is 31.6 Å². The molecular formula is C24H29NO7S. The summed E-state index contributed by atoms with van der Waals surface area (Å²) in [7, 11) is -3.59. The van der Waals surface area contributed by atoms with Gasteiger partial charge in [0.15, 0.2) is 11.8 Å². The van der Waals surface area contributed by atoms with Crippen molar-refractivity contribution in [3.8, 4) is 17.2 Å². The summed E-state index contributed by atoms with van der Waals surface area (Å²) in [5.74, 6) is 0.999. The van der Waals surface area contributed by atoms with Gasteiger partial charge >= 0.3 is 16.1 Å². The van der Waals surface area contributed by atoms with Crippen LogP contribution in [0.25, 0.3) is 10.9 Å². The lowest BCUT2D eigenvalue weighted by molar-refractivity contribution is -0.158. The second kappa shape index (κ2) is 9.74. The van der Waals surface area contributed by atoms with E-state index in [-0.39, 0.29) is 18.6 Å². The summed E-state index contributed by atoms with van der Waals surface area (Å²) in [6, 6.07) is 14.0. The number of hydrogen-bond acceptors (Lipinski definition) is 7. The Kier molecular flexibility index (Phi) is 7.22. The minimum atomic E-state index is -3.59. The van der Waals surface area contributed by atoms with Crippen LogP contribution in [0.3, 0.4) is 0 Å². The molecule has 33 heavy (non-hydrogen) atoms. The monoisotopic (exact) mass is 475 g/mol. The molecule has 3 aromatic rings. The van der Waals surface area contributed by atoms with Gasteiger partial charge in [-0.25, -0.2) is 4.79 Å². The fourth-order valence-electron chi connectivity index (χ4n) is 3.34. The number of fused-ring (bicyclic) bond motifs is 1. The second-order valence-corrected chi connectivity index (χ2v) is 9.59. The average Bonchev–Trinajstić information content (AvgIpc) is 3.15. The van der Waals surface area contributed by atoms with Gasteiger partial charge in [-0.1, -0.05) is 6.92 Å². The predicted octanol–water partition coefficient (Wildman–Crippen LogP) is 4.69. The highest BCUT2D eigenvalue weighted by atomic mass is 32.2. The van der Waals surface area contributed by atoms with Gasteiger partial charge in [0.25, 0.3) is 0 Å². The number of hydrogen-bond donors (Lipinski definition) is 0. The molecular weight excluding hydrogens is 446 g/mol. The van der Waals surface area contributed by atoms with Gasteiger partial charge in [-0.2, -0.15) is 8.42 Å². The smallest absolute Gasteiger partial charge is 0.349 e. The van der Waals surface area contributed by atoms with Gasteiger partial charge in [-0.3, -0.25) is 0 Å². The van der Waals surface area contributed by atoms with Crippen LogP contribution in [0.1, 0.15) is 40.3 Å².